The van der Waals surface area contributed by atoms with Gasteiger partial charge in [0.2, 0.25) is 5.91 Å². The Bertz CT molecular complexity index is 193. The topological polar surface area (TPSA) is 75.3 Å². The van der Waals surface area contributed by atoms with Crippen LogP contribution in [0.3, 0.4) is 0 Å². The first kappa shape index (κ1) is 15.4. The summed E-state index contributed by atoms with van der Waals surface area (Å²) in [4.78, 5) is 11.6. The zero-order valence-corrected chi connectivity index (χ0v) is 10.7. The van der Waals surface area contributed by atoms with E-state index in [0.717, 1.165) is 12.8 Å². The maximum absolute atomic E-state index is 11.6. The molecule has 0 aliphatic heterocycles. The van der Waals surface area contributed by atoms with E-state index in [9.17, 15) is 9.90 Å². The number of hydrogen-bond donors (Lipinski definition) is 3. The van der Waals surface area contributed by atoms with E-state index in [4.69, 9.17) is 5.73 Å². The highest BCUT2D eigenvalue weighted by Crippen LogP contribution is 2.12. The average Bonchev–Trinajstić information content (AvgIpc) is 2.27. The van der Waals surface area contributed by atoms with Crippen molar-refractivity contribution in [1.82, 2.24) is 5.32 Å². The molecule has 1 amide bonds. The summed E-state index contributed by atoms with van der Waals surface area (Å²) in [6.07, 6.45) is 2.12. The van der Waals surface area contributed by atoms with Crippen molar-refractivity contribution in [2.24, 2.45) is 17.6 Å². The predicted molar refractivity (Wildman–Crippen MR) is 65.9 cm³/mol. The maximum atomic E-state index is 11.6. The molecule has 0 fully saturated rings. The molecule has 0 aromatic heterocycles. The Morgan fingerprint density at radius 2 is 1.94 bits per heavy atom. The molecule has 0 aromatic rings. The fourth-order valence-electron chi connectivity index (χ4n) is 1.76. The van der Waals surface area contributed by atoms with E-state index in [2.05, 4.69) is 19.2 Å². The second kappa shape index (κ2) is 8.53. The van der Waals surface area contributed by atoms with Crippen molar-refractivity contribution in [3.63, 3.8) is 0 Å². The lowest BCUT2D eigenvalue weighted by Gasteiger charge is -2.21. The molecule has 0 bridgehead atoms. The van der Waals surface area contributed by atoms with Crippen LogP contribution in [0.4, 0.5) is 0 Å². The number of nitrogens with two attached hydrogens (primary N) is 1. The molecule has 4 heteroatoms. The van der Waals surface area contributed by atoms with Gasteiger partial charge in [0, 0.05) is 12.5 Å². The van der Waals surface area contributed by atoms with E-state index >= 15 is 0 Å². The average molecular weight is 230 g/mol. The van der Waals surface area contributed by atoms with Crippen LogP contribution in [0.1, 0.15) is 40.0 Å². The summed E-state index contributed by atoms with van der Waals surface area (Å²) >= 11 is 0. The fraction of sp³-hybridized carbons (Fsp3) is 0.917. The van der Waals surface area contributed by atoms with Gasteiger partial charge in [-0.05, 0) is 18.9 Å². The molecule has 4 N–H and O–H groups in total. The van der Waals surface area contributed by atoms with Crippen LogP contribution in [0.2, 0.25) is 0 Å². The van der Waals surface area contributed by atoms with Crippen molar-refractivity contribution in [2.45, 2.75) is 46.1 Å². The molecular weight excluding hydrogens is 204 g/mol. The molecule has 0 aromatic carbocycles. The van der Waals surface area contributed by atoms with Gasteiger partial charge in [-0.1, -0.05) is 33.6 Å². The van der Waals surface area contributed by atoms with Gasteiger partial charge in [0.25, 0.3) is 0 Å². The Balaban J connectivity index is 3.90. The Hall–Kier alpha value is -0.610. The molecule has 0 saturated carbocycles. The summed E-state index contributed by atoms with van der Waals surface area (Å²) in [7, 11) is 0. The standard InChI is InChI=1S/C12H26N2O2/c1-4-10(5-2)11(15)8-14-12(16)9(3)6-7-13/h9-11,15H,4-8,13H2,1-3H3,(H,14,16). The lowest BCUT2D eigenvalue weighted by Crippen LogP contribution is -2.38. The number of aliphatic hydroxyl groups excluding tert-OH is 1. The van der Waals surface area contributed by atoms with E-state index in [1.165, 1.54) is 0 Å². The van der Waals surface area contributed by atoms with Gasteiger partial charge >= 0.3 is 0 Å². The number of aliphatic hydroxyl groups is 1. The van der Waals surface area contributed by atoms with Crippen LogP contribution in [0.25, 0.3) is 0 Å². The number of carbonyl (C=O) groups is 1. The van der Waals surface area contributed by atoms with E-state index in [0.29, 0.717) is 19.5 Å². The lowest BCUT2D eigenvalue weighted by molar-refractivity contribution is -0.125. The molecule has 16 heavy (non-hydrogen) atoms. The first-order valence-corrected chi connectivity index (χ1v) is 6.22. The largest absolute Gasteiger partial charge is 0.391 e. The molecule has 96 valence electrons. The summed E-state index contributed by atoms with van der Waals surface area (Å²) in [5.41, 5.74) is 5.39. The summed E-state index contributed by atoms with van der Waals surface area (Å²) in [5.74, 6) is 0.180. The summed E-state index contributed by atoms with van der Waals surface area (Å²) in [6, 6.07) is 0. The zero-order valence-electron chi connectivity index (χ0n) is 10.7. The minimum atomic E-state index is -0.441. The van der Waals surface area contributed by atoms with Crippen molar-refractivity contribution in [2.75, 3.05) is 13.1 Å². The Morgan fingerprint density at radius 1 is 1.38 bits per heavy atom. The third-order valence-corrected chi connectivity index (χ3v) is 3.13. The molecule has 4 nitrogen and oxygen atoms in total. The smallest absolute Gasteiger partial charge is 0.222 e. The van der Waals surface area contributed by atoms with Gasteiger partial charge < -0.3 is 16.2 Å². The zero-order chi connectivity index (χ0) is 12.6. The van der Waals surface area contributed by atoms with E-state index < -0.39 is 6.10 Å². The molecule has 2 unspecified atom stereocenters. The monoisotopic (exact) mass is 230 g/mol. The van der Waals surface area contributed by atoms with Gasteiger partial charge in [-0.15, -0.1) is 0 Å². The molecule has 0 saturated heterocycles. The Kier molecular flexibility index (Phi) is 8.21. The highest BCUT2D eigenvalue weighted by molar-refractivity contribution is 5.78. The van der Waals surface area contributed by atoms with Crippen LogP contribution in [0.5, 0.6) is 0 Å². The molecule has 0 rings (SSSR count). The number of nitrogens with one attached hydrogen (secondary N) is 1. The molecule has 0 heterocycles. The van der Waals surface area contributed by atoms with Crippen LogP contribution in [-0.2, 0) is 4.79 Å². The Morgan fingerprint density at radius 3 is 2.38 bits per heavy atom. The maximum Gasteiger partial charge on any atom is 0.222 e. The third kappa shape index (κ3) is 5.47. The second-order valence-electron chi connectivity index (χ2n) is 4.37. The predicted octanol–water partition coefficient (Wildman–Crippen LogP) is 0.885. The molecule has 0 aliphatic rings. The van der Waals surface area contributed by atoms with Crippen molar-refractivity contribution in [3.8, 4) is 0 Å². The lowest BCUT2D eigenvalue weighted by atomic mass is 9.96. The first-order valence-electron chi connectivity index (χ1n) is 6.22. The van der Waals surface area contributed by atoms with Crippen LogP contribution in [0, 0.1) is 11.8 Å². The quantitative estimate of drug-likeness (QED) is 0.579. The van der Waals surface area contributed by atoms with Gasteiger partial charge in [-0.3, -0.25) is 4.79 Å². The number of amides is 1. The van der Waals surface area contributed by atoms with E-state index in [-0.39, 0.29) is 17.7 Å². The molecular formula is C12H26N2O2. The van der Waals surface area contributed by atoms with Crippen LogP contribution >= 0.6 is 0 Å². The van der Waals surface area contributed by atoms with Crippen molar-refractivity contribution in [3.05, 3.63) is 0 Å². The third-order valence-electron chi connectivity index (χ3n) is 3.13. The number of carbonyl (C=O) groups excluding carboxylic acids is 1. The van der Waals surface area contributed by atoms with Gasteiger partial charge in [0.15, 0.2) is 0 Å². The van der Waals surface area contributed by atoms with Gasteiger partial charge in [0.1, 0.15) is 0 Å². The Labute approximate surface area is 98.6 Å². The van der Waals surface area contributed by atoms with Crippen molar-refractivity contribution >= 4 is 5.91 Å². The summed E-state index contributed by atoms with van der Waals surface area (Å²) in [5, 5.41) is 12.6. The fourth-order valence-corrected chi connectivity index (χ4v) is 1.76. The van der Waals surface area contributed by atoms with Crippen molar-refractivity contribution < 1.29 is 9.90 Å². The number of hydrogen-bond acceptors (Lipinski definition) is 3. The van der Waals surface area contributed by atoms with Crippen LogP contribution in [-0.4, -0.2) is 30.2 Å². The molecule has 0 radical (unpaired) electrons. The first-order chi connectivity index (χ1) is 7.56. The van der Waals surface area contributed by atoms with Gasteiger partial charge in [0.05, 0.1) is 6.10 Å². The van der Waals surface area contributed by atoms with Crippen LogP contribution in [0.15, 0.2) is 0 Å². The number of rotatable bonds is 8. The minimum absolute atomic E-state index is 0.0181. The highest BCUT2D eigenvalue weighted by atomic mass is 16.3. The van der Waals surface area contributed by atoms with E-state index in [1.807, 2.05) is 6.92 Å². The summed E-state index contributed by atoms with van der Waals surface area (Å²) in [6.45, 7) is 6.82. The SMILES string of the molecule is CCC(CC)C(O)CNC(=O)C(C)CCN. The molecule has 2 atom stereocenters. The van der Waals surface area contributed by atoms with Gasteiger partial charge in [-0.2, -0.15) is 0 Å². The second-order valence-corrected chi connectivity index (χ2v) is 4.37. The molecule has 0 spiro atoms. The minimum Gasteiger partial charge on any atom is -0.391 e. The molecule has 0 aliphatic carbocycles. The normalized spacial score (nSPS) is 14.9. The van der Waals surface area contributed by atoms with Crippen molar-refractivity contribution in [1.29, 1.82) is 0 Å². The summed E-state index contributed by atoms with van der Waals surface area (Å²) < 4.78 is 0. The highest BCUT2D eigenvalue weighted by Gasteiger charge is 2.18. The van der Waals surface area contributed by atoms with E-state index in [1.54, 1.807) is 0 Å². The van der Waals surface area contributed by atoms with Gasteiger partial charge in [-0.25, -0.2) is 0 Å². The van der Waals surface area contributed by atoms with Crippen LogP contribution < -0.4 is 11.1 Å².